The maximum absolute atomic E-state index is 11.3. The van der Waals surface area contributed by atoms with Crippen molar-refractivity contribution in [3.8, 4) is 0 Å². The van der Waals surface area contributed by atoms with E-state index >= 15 is 0 Å². The van der Waals surface area contributed by atoms with Gasteiger partial charge in [0.05, 0.1) is 6.26 Å². The first kappa shape index (κ1) is 13.3. The van der Waals surface area contributed by atoms with Gasteiger partial charge in [-0.3, -0.25) is 0 Å². The van der Waals surface area contributed by atoms with E-state index in [1.165, 1.54) is 10.6 Å². The minimum atomic E-state index is -3.04. The number of sulfonamides is 1. The normalized spacial score (nSPS) is 28.9. The summed E-state index contributed by atoms with van der Waals surface area (Å²) in [5.74, 6) is 0. The lowest BCUT2D eigenvalue weighted by Crippen LogP contribution is -2.39. The van der Waals surface area contributed by atoms with Crippen molar-refractivity contribution >= 4 is 21.8 Å². The Morgan fingerprint density at radius 3 is 2.53 bits per heavy atom. The number of hydrogen-bond acceptors (Lipinski definition) is 4. The molecule has 1 aliphatic rings. The van der Waals surface area contributed by atoms with Crippen LogP contribution in [0.1, 0.15) is 6.42 Å². The topological polar surface area (TPSA) is 40.6 Å². The zero-order valence-corrected chi connectivity index (χ0v) is 11.4. The van der Waals surface area contributed by atoms with Crippen molar-refractivity contribution in [3.63, 3.8) is 0 Å². The molecule has 90 valence electrons. The molecule has 0 aromatic heterocycles. The van der Waals surface area contributed by atoms with Crippen LogP contribution in [0.5, 0.6) is 0 Å². The van der Waals surface area contributed by atoms with Crippen molar-refractivity contribution in [1.29, 1.82) is 0 Å². The first-order chi connectivity index (χ1) is 6.84. The van der Waals surface area contributed by atoms with Gasteiger partial charge >= 0.3 is 0 Å². The van der Waals surface area contributed by atoms with Crippen LogP contribution in [0.2, 0.25) is 0 Å². The lowest BCUT2D eigenvalue weighted by molar-refractivity contribution is 0.271. The Labute approximate surface area is 97.1 Å². The van der Waals surface area contributed by atoms with Gasteiger partial charge in [0, 0.05) is 31.4 Å². The van der Waals surface area contributed by atoms with E-state index in [0.717, 1.165) is 13.0 Å². The van der Waals surface area contributed by atoms with E-state index in [1.54, 1.807) is 7.05 Å². The molecule has 0 radical (unpaired) electrons. The van der Waals surface area contributed by atoms with Crippen molar-refractivity contribution in [2.45, 2.75) is 17.7 Å². The fourth-order valence-electron chi connectivity index (χ4n) is 1.85. The second kappa shape index (κ2) is 5.03. The zero-order chi connectivity index (χ0) is 11.6. The number of rotatable bonds is 4. The minimum Gasteiger partial charge on any atom is -0.301 e. The monoisotopic (exact) mass is 252 g/mol. The molecule has 0 saturated carbocycles. The highest BCUT2D eigenvalue weighted by Crippen LogP contribution is 2.25. The van der Waals surface area contributed by atoms with Crippen LogP contribution >= 0.6 is 11.8 Å². The van der Waals surface area contributed by atoms with Crippen LogP contribution in [0.25, 0.3) is 0 Å². The molecule has 4 nitrogen and oxygen atoms in total. The summed E-state index contributed by atoms with van der Waals surface area (Å²) in [6, 6.07) is 0.363. The molecule has 0 N–H and O–H groups in total. The molecular formula is C9H20N2O2S2. The Bertz CT molecular complexity index is 305. The molecular weight excluding hydrogens is 232 g/mol. The van der Waals surface area contributed by atoms with Gasteiger partial charge in [-0.25, -0.2) is 12.7 Å². The smallest absolute Gasteiger partial charge is 0.211 e. The molecule has 2 atom stereocenters. The van der Waals surface area contributed by atoms with E-state index in [1.807, 2.05) is 11.8 Å². The fourth-order valence-corrected chi connectivity index (χ4v) is 3.09. The third-order valence-corrected chi connectivity index (χ3v) is 5.31. The summed E-state index contributed by atoms with van der Waals surface area (Å²) >= 11 is 1.86. The number of nitrogens with zero attached hydrogens (tertiary/aromatic N) is 2. The van der Waals surface area contributed by atoms with Crippen LogP contribution in [-0.4, -0.2) is 68.6 Å². The Morgan fingerprint density at radius 2 is 2.13 bits per heavy atom. The third-order valence-electron chi connectivity index (χ3n) is 3.02. The molecule has 1 aliphatic heterocycles. The molecule has 0 aromatic rings. The molecule has 0 bridgehead atoms. The van der Waals surface area contributed by atoms with Crippen LogP contribution in [0.15, 0.2) is 0 Å². The predicted octanol–water partition coefficient (Wildman–Crippen LogP) is 0.314. The summed E-state index contributed by atoms with van der Waals surface area (Å²) in [5.41, 5.74) is 0. The molecule has 0 aliphatic carbocycles. The highest BCUT2D eigenvalue weighted by atomic mass is 32.2. The van der Waals surface area contributed by atoms with E-state index in [0.29, 0.717) is 17.8 Å². The van der Waals surface area contributed by atoms with E-state index in [9.17, 15) is 8.42 Å². The molecule has 1 saturated heterocycles. The summed E-state index contributed by atoms with van der Waals surface area (Å²) in [6.07, 6.45) is 4.45. The molecule has 1 heterocycles. The van der Waals surface area contributed by atoms with Gasteiger partial charge in [0.25, 0.3) is 0 Å². The highest BCUT2D eigenvalue weighted by molar-refractivity contribution is 7.99. The van der Waals surface area contributed by atoms with Gasteiger partial charge in [-0.05, 0) is 19.7 Å². The molecule has 1 rings (SSSR count). The summed E-state index contributed by atoms with van der Waals surface area (Å²) in [5, 5.41) is 0.646. The van der Waals surface area contributed by atoms with Crippen molar-refractivity contribution < 1.29 is 8.42 Å². The van der Waals surface area contributed by atoms with E-state index < -0.39 is 10.0 Å². The van der Waals surface area contributed by atoms with Crippen molar-refractivity contribution in [1.82, 2.24) is 9.21 Å². The van der Waals surface area contributed by atoms with Gasteiger partial charge in [0.15, 0.2) is 0 Å². The second-order valence-corrected chi connectivity index (χ2v) is 7.46. The Hall–Kier alpha value is 0.220. The van der Waals surface area contributed by atoms with E-state index in [4.69, 9.17) is 0 Å². The van der Waals surface area contributed by atoms with Gasteiger partial charge in [-0.2, -0.15) is 11.8 Å². The van der Waals surface area contributed by atoms with E-state index in [-0.39, 0.29) is 0 Å². The van der Waals surface area contributed by atoms with Crippen molar-refractivity contribution in [2.75, 3.05) is 39.7 Å². The van der Waals surface area contributed by atoms with Gasteiger partial charge in [-0.15, -0.1) is 0 Å². The summed E-state index contributed by atoms with van der Waals surface area (Å²) < 4.78 is 24.0. The number of hydrogen-bond donors (Lipinski definition) is 0. The standard InChI is InChI=1S/C9H20N2O2S2/c1-10-7-9(14-3)5-8(10)6-11(2)15(4,12)13/h8-9H,5-7H2,1-4H3. The first-order valence-electron chi connectivity index (χ1n) is 4.99. The quantitative estimate of drug-likeness (QED) is 0.722. The van der Waals surface area contributed by atoms with Gasteiger partial charge in [0.1, 0.15) is 0 Å². The van der Waals surface area contributed by atoms with Gasteiger partial charge in [-0.1, -0.05) is 0 Å². The molecule has 2 unspecified atom stereocenters. The Balaban J connectivity index is 2.53. The van der Waals surface area contributed by atoms with Crippen LogP contribution < -0.4 is 0 Å². The zero-order valence-electron chi connectivity index (χ0n) is 9.80. The SMILES string of the molecule is CSC1CC(CN(C)S(C)(=O)=O)N(C)C1. The number of likely N-dealkylation sites (N-methyl/N-ethyl adjacent to an activating group) is 2. The molecule has 6 heteroatoms. The third kappa shape index (κ3) is 3.62. The second-order valence-electron chi connectivity index (χ2n) is 4.23. The predicted molar refractivity (Wildman–Crippen MR) is 65.8 cm³/mol. The van der Waals surface area contributed by atoms with Crippen LogP contribution in [0.3, 0.4) is 0 Å². The van der Waals surface area contributed by atoms with Crippen LogP contribution in [0, 0.1) is 0 Å². The largest absolute Gasteiger partial charge is 0.301 e. The molecule has 15 heavy (non-hydrogen) atoms. The summed E-state index contributed by atoms with van der Waals surface area (Å²) in [4.78, 5) is 2.25. The summed E-state index contributed by atoms with van der Waals surface area (Å²) in [7, 11) is 0.677. The van der Waals surface area contributed by atoms with E-state index in [2.05, 4.69) is 18.2 Å². The average Bonchev–Trinajstić information content (AvgIpc) is 2.45. The fraction of sp³-hybridized carbons (Fsp3) is 1.00. The van der Waals surface area contributed by atoms with Crippen molar-refractivity contribution in [3.05, 3.63) is 0 Å². The van der Waals surface area contributed by atoms with Gasteiger partial charge in [0.2, 0.25) is 10.0 Å². The molecule has 0 amide bonds. The highest BCUT2D eigenvalue weighted by Gasteiger charge is 2.30. The van der Waals surface area contributed by atoms with Gasteiger partial charge < -0.3 is 4.90 Å². The minimum absolute atomic E-state index is 0.363. The molecule has 0 aromatic carbocycles. The maximum Gasteiger partial charge on any atom is 0.211 e. The molecule has 0 spiro atoms. The lowest BCUT2D eigenvalue weighted by Gasteiger charge is -2.23. The number of likely N-dealkylation sites (tertiary alicyclic amines) is 1. The van der Waals surface area contributed by atoms with Crippen molar-refractivity contribution in [2.24, 2.45) is 0 Å². The summed E-state index contributed by atoms with van der Waals surface area (Å²) in [6.45, 7) is 1.66. The number of thioether (sulfide) groups is 1. The molecule has 1 fully saturated rings. The Morgan fingerprint density at radius 1 is 1.53 bits per heavy atom. The van der Waals surface area contributed by atoms with Crippen LogP contribution in [0.4, 0.5) is 0 Å². The maximum atomic E-state index is 11.3. The Kier molecular flexibility index (Phi) is 4.46. The average molecular weight is 252 g/mol. The first-order valence-corrected chi connectivity index (χ1v) is 8.12. The van der Waals surface area contributed by atoms with Crippen LogP contribution in [-0.2, 0) is 10.0 Å². The lowest BCUT2D eigenvalue weighted by atomic mass is 10.2.